The maximum Gasteiger partial charge on any atom is 0.0584 e. The lowest BCUT2D eigenvalue weighted by atomic mass is 10.3. The summed E-state index contributed by atoms with van der Waals surface area (Å²) >= 11 is 0. The molecule has 1 N–H and O–H groups in total. The Morgan fingerprint density at radius 3 is 3.44 bits per heavy atom. The highest BCUT2D eigenvalue weighted by Crippen LogP contribution is 1.88. The van der Waals surface area contributed by atoms with Gasteiger partial charge in [-0.05, 0) is 13.1 Å². The van der Waals surface area contributed by atoms with Crippen LogP contribution in [0.25, 0.3) is 0 Å². The Bertz CT molecular complexity index is 113. The molecule has 0 aliphatic carbocycles. The van der Waals surface area contributed by atoms with Crippen molar-refractivity contribution in [2.45, 2.75) is 19.4 Å². The number of nitrogens with one attached hydrogen (secondary N) is 1. The first-order valence-electron chi connectivity index (χ1n) is 3.29. The molecule has 2 heteroatoms. The van der Waals surface area contributed by atoms with Crippen LogP contribution in [0, 0.1) is 0 Å². The molecule has 0 aromatic rings. The van der Waals surface area contributed by atoms with Crippen LogP contribution in [0.4, 0.5) is 0 Å². The van der Waals surface area contributed by atoms with E-state index in [1.165, 1.54) is 0 Å². The number of hydrogen-bond acceptors (Lipinski definition) is 2. The zero-order valence-corrected chi connectivity index (χ0v) is 5.67. The lowest BCUT2D eigenvalue weighted by molar-refractivity contribution is 0.647. The lowest BCUT2D eigenvalue weighted by Gasteiger charge is -2.09. The fourth-order valence-corrected chi connectivity index (χ4v) is 0.721. The highest BCUT2D eigenvalue weighted by Gasteiger charge is 1.94. The van der Waals surface area contributed by atoms with Crippen molar-refractivity contribution in [3.8, 4) is 0 Å². The molecule has 1 atom stereocenters. The average Bonchev–Trinajstić information content (AvgIpc) is 1.79. The summed E-state index contributed by atoms with van der Waals surface area (Å²) in [7, 11) is 0. The molecule has 2 nitrogen and oxygen atoms in total. The summed E-state index contributed by atoms with van der Waals surface area (Å²) in [5, 5.41) is 3.19. The van der Waals surface area contributed by atoms with Crippen molar-refractivity contribution in [2.24, 2.45) is 4.99 Å². The van der Waals surface area contributed by atoms with Gasteiger partial charge in [-0.15, -0.1) is 0 Å². The SMILES string of the molecule is CC1C/N=C\C/C=C\N1. The third-order valence-corrected chi connectivity index (χ3v) is 1.25. The van der Waals surface area contributed by atoms with Crippen molar-refractivity contribution in [3.63, 3.8) is 0 Å². The van der Waals surface area contributed by atoms with Crippen LogP contribution in [-0.2, 0) is 0 Å². The number of nitrogens with zero attached hydrogens (tertiary/aromatic N) is 1. The largest absolute Gasteiger partial charge is 0.387 e. The maximum atomic E-state index is 4.17. The standard InChI is InChI=1S/C7H12N2/c1-7-6-8-4-2-3-5-9-7/h3-5,7,9H,2,6H2,1H3/b5-3-,8-4-. The van der Waals surface area contributed by atoms with E-state index in [4.69, 9.17) is 0 Å². The molecule has 1 unspecified atom stereocenters. The second-order valence-electron chi connectivity index (χ2n) is 2.25. The van der Waals surface area contributed by atoms with Crippen LogP contribution in [0.5, 0.6) is 0 Å². The minimum atomic E-state index is 0.484. The molecule has 0 saturated carbocycles. The fourth-order valence-electron chi connectivity index (χ4n) is 0.721. The quantitative estimate of drug-likeness (QED) is 0.511. The predicted octanol–water partition coefficient (Wildman–Crippen LogP) is 0.953. The molecule has 0 aromatic carbocycles. The van der Waals surface area contributed by atoms with E-state index in [0.717, 1.165) is 13.0 Å². The van der Waals surface area contributed by atoms with Gasteiger partial charge in [0.1, 0.15) is 0 Å². The van der Waals surface area contributed by atoms with E-state index in [9.17, 15) is 0 Å². The summed E-state index contributed by atoms with van der Waals surface area (Å²) in [6.07, 6.45) is 6.97. The molecule has 0 fully saturated rings. The first-order valence-corrected chi connectivity index (χ1v) is 3.29. The van der Waals surface area contributed by atoms with E-state index in [1.807, 2.05) is 12.4 Å². The fraction of sp³-hybridized carbons (Fsp3) is 0.571. The molecule has 0 spiro atoms. The minimum absolute atomic E-state index is 0.484. The molecule has 1 heterocycles. The Labute approximate surface area is 55.7 Å². The van der Waals surface area contributed by atoms with Crippen LogP contribution >= 0.6 is 0 Å². The Kier molecular flexibility index (Phi) is 2.31. The van der Waals surface area contributed by atoms with Crippen LogP contribution < -0.4 is 5.32 Å². The first kappa shape index (κ1) is 6.33. The summed E-state index contributed by atoms with van der Waals surface area (Å²) in [5.74, 6) is 0. The highest BCUT2D eigenvalue weighted by molar-refractivity contribution is 5.59. The van der Waals surface area contributed by atoms with Crippen LogP contribution in [-0.4, -0.2) is 18.8 Å². The van der Waals surface area contributed by atoms with Crippen molar-refractivity contribution in [1.82, 2.24) is 5.32 Å². The molecular weight excluding hydrogens is 112 g/mol. The van der Waals surface area contributed by atoms with Gasteiger partial charge in [-0.2, -0.15) is 0 Å². The van der Waals surface area contributed by atoms with E-state index in [-0.39, 0.29) is 0 Å². The number of aliphatic imine (C=N–C) groups is 1. The molecule has 9 heavy (non-hydrogen) atoms. The van der Waals surface area contributed by atoms with Gasteiger partial charge in [-0.1, -0.05) is 6.08 Å². The molecule has 50 valence electrons. The number of hydrogen-bond donors (Lipinski definition) is 1. The molecule has 0 saturated heterocycles. The second kappa shape index (κ2) is 3.28. The van der Waals surface area contributed by atoms with Gasteiger partial charge in [0, 0.05) is 18.7 Å². The maximum absolute atomic E-state index is 4.17. The summed E-state index contributed by atoms with van der Waals surface area (Å²) in [4.78, 5) is 4.17. The van der Waals surface area contributed by atoms with Crippen molar-refractivity contribution in [3.05, 3.63) is 12.3 Å². The van der Waals surface area contributed by atoms with Crippen molar-refractivity contribution in [2.75, 3.05) is 6.54 Å². The average molecular weight is 124 g/mol. The predicted molar refractivity (Wildman–Crippen MR) is 39.7 cm³/mol. The highest BCUT2D eigenvalue weighted by atomic mass is 14.9. The van der Waals surface area contributed by atoms with Crippen LogP contribution in [0.15, 0.2) is 17.3 Å². The van der Waals surface area contributed by atoms with Crippen LogP contribution in [0.1, 0.15) is 13.3 Å². The summed E-state index contributed by atoms with van der Waals surface area (Å²) in [6, 6.07) is 0.484. The molecule has 0 amide bonds. The van der Waals surface area contributed by atoms with Gasteiger partial charge in [0.15, 0.2) is 0 Å². The van der Waals surface area contributed by atoms with E-state index in [2.05, 4.69) is 23.3 Å². The molecule has 0 bridgehead atoms. The van der Waals surface area contributed by atoms with Gasteiger partial charge in [0.2, 0.25) is 0 Å². The second-order valence-corrected chi connectivity index (χ2v) is 2.25. The van der Waals surface area contributed by atoms with Gasteiger partial charge in [-0.3, -0.25) is 4.99 Å². The van der Waals surface area contributed by atoms with E-state index in [1.54, 1.807) is 0 Å². The summed E-state index contributed by atoms with van der Waals surface area (Å²) < 4.78 is 0. The van der Waals surface area contributed by atoms with E-state index in [0.29, 0.717) is 6.04 Å². The van der Waals surface area contributed by atoms with Crippen molar-refractivity contribution < 1.29 is 0 Å². The Balaban J connectivity index is 2.40. The third-order valence-electron chi connectivity index (χ3n) is 1.25. The van der Waals surface area contributed by atoms with Crippen molar-refractivity contribution in [1.29, 1.82) is 0 Å². The summed E-state index contributed by atoms with van der Waals surface area (Å²) in [5.41, 5.74) is 0. The van der Waals surface area contributed by atoms with E-state index < -0.39 is 0 Å². The van der Waals surface area contributed by atoms with Gasteiger partial charge in [0.05, 0.1) is 6.54 Å². The normalized spacial score (nSPS) is 33.7. The number of rotatable bonds is 0. The minimum Gasteiger partial charge on any atom is -0.387 e. The van der Waals surface area contributed by atoms with E-state index >= 15 is 0 Å². The molecule has 1 rings (SSSR count). The van der Waals surface area contributed by atoms with Crippen molar-refractivity contribution >= 4 is 6.21 Å². The molecule has 1 aliphatic rings. The van der Waals surface area contributed by atoms with Gasteiger partial charge >= 0.3 is 0 Å². The smallest absolute Gasteiger partial charge is 0.0584 e. The third kappa shape index (κ3) is 2.31. The lowest BCUT2D eigenvalue weighted by Crippen LogP contribution is -2.24. The van der Waals surface area contributed by atoms with Crippen LogP contribution in [0.3, 0.4) is 0 Å². The Morgan fingerprint density at radius 2 is 2.56 bits per heavy atom. The number of allylic oxidation sites excluding steroid dienone is 1. The molecular formula is C7H12N2. The summed E-state index contributed by atoms with van der Waals surface area (Å²) in [6.45, 7) is 3.01. The van der Waals surface area contributed by atoms with Gasteiger partial charge in [0.25, 0.3) is 0 Å². The Morgan fingerprint density at radius 1 is 1.67 bits per heavy atom. The zero-order valence-electron chi connectivity index (χ0n) is 5.67. The van der Waals surface area contributed by atoms with Gasteiger partial charge < -0.3 is 5.32 Å². The van der Waals surface area contributed by atoms with Crippen LogP contribution in [0.2, 0.25) is 0 Å². The molecule has 0 radical (unpaired) electrons. The zero-order chi connectivity index (χ0) is 6.53. The monoisotopic (exact) mass is 124 g/mol. The van der Waals surface area contributed by atoms with Gasteiger partial charge in [-0.25, -0.2) is 0 Å². The first-order chi connectivity index (χ1) is 4.39. The topological polar surface area (TPSA) is 24.4 Å². The molecule has 1 aliphatic heterocycles. The molecule has 0 aromatic heterocycles. The Hall–Kier alpha value is -0.790.